The van der Waals surface area contributed by atoms with E-state index < -0.39 is 17.7 Å². The number of hydrogen-bond acceptors (Lipinski definition) is 5. The Morgan fingerprint density at radius 1 is 1.19 bits per heavy atom. The maximum atomic E-state index is 13.1. The standard InChI is InChI=1S/C25H28N2O4/c1-15-6-5-7-17(12-15)22-21(24(29)25(30)27(22)11-10-26(3)4)23(28)18-8-9-20-19(14-18)13-16(2)31-20/h5-9,12,14,16,22,28H,10-11,13H2,1-4H3/b23-21-. The Kier molecular flexibility index (Phi) is 5.58. The highest BCUT2D eigenvalue weighted by molar-refractivity contribution is 6.46. The van der Waals surface area contributed by atoms with Crippen molar-refractivity contribution < 1.29 is 19.4 Å². The molecule has 2 aliphatic heterocycles. The molecule has 0 radical (unpaired) electrons. The van der Waals surface area contributed by atoms with Crippen LogP contribution in [0.25, 0.3) is 5.76 Å². The number of rotatable bonds is 5. The van der Waals surface area contributed by atoms with Gasteiger partial charge in [-0.2, -0.15) is 0 Å². The number of carbonyl (C=O) groups is 2. The molecule has 2 atom stereocenters. The minimum Gasteiger partial charge on any atom is -0.507 e. The summed E-state index contributed by atoms with van der Waals surface area (Å²) >= 11 is 0. The number of benzene rings is 2. The van der Waals surface area contributed by atoms with Crippen LogP contribution in [-0.2, 0) is 16.0 Å². The highest BCUT2D eigenvalue weighted by Gasteiger charge is 2.46. The summed E-state index contributed by atoms with van der Waals surface area (Å²) in [7, 11) is 3.84. The van der Waals surface area contributed by atoms with Gasteiger partial charge >= 0.3 is 0 Å². The first-order chi connectivity index (χ1) is 14.8. The van der Waals surface area contributed by atoms with Crippen molar-refractivity contribution in [2.75, 3.05) is 27.2 Å². The fourth-order valence-corrected chi connectivity index (χ4v) is 4.33. The number of likely N-dealkylation sites (tertiary alicyclic amines) is 1. The second-order valence-corrected chi connectivity index (χ2v) is 8.66. The molecule has 31 heavy (non-hydrogen) atoms. The number of hydrogen-bond donors (Lipinski definition) is 1. The molecule has 2 aliphatic rings. The Morgan fingerprint density at radius 3 is 2.68 bits per heavy atom. The van der Waals surface area contributed by atoms with Crippen LogP contribution >= 0.6 is 0 Å². The molecular formula is C25H28N2O4. The SMILES string of the molecule is Cc1cccc(C2/C(=C(/O)c3ccc4c(c3)CC(C)O4)C(=O)C(=O)N2CCN(C)C)c1. The summed E-state index contributed by atoms with van der Waals surface area (Å²) < 4.78 is 5.75. The first kappa shape index (κ1) is 21.1. The van der Waals surface area contributed by atoms with E-state index in [9.17, 15) is 14.7 Å². The van der Waals surface area contributed by atoms with Gasteiger partial charge < -0.3 is 19.6 Å². The van der Waals surface area contributed by atoms with E-state index in [2.05, 4.69) is 0 Å². The van der Waals surface area contributed by atoms with Crippen molar-refractivity contribution in [2.45, 2.75) is 32.4 Å². The molecule has 4 rings (SSSR count). The van der Waals surface area contributed by atoms with Gasteiger partial charge in [-0.15, -0.1) is 0 Å². The van der Waals surface area contributed by atoms with Gasteiger partial charge in [0.15, 0.2) is 0 Å². The summed E-state index contributed by atoms with van der Waals surface area (Å²) in [4.78, 5) is 29.6. The Labute approximate surface area is 182 Å². The average Bonchev–Trinajstić information content (AvgIpc) is 3.22. The van der Waals surface area contributed by atoms with E-state index in [1.165, 1.54) is 0 Å². The maximum absolute atomic E-state index is 13.1. The summed E-state index contributed by atoms with van der Waals surface area (Å²) in [5, 5.41) is 11.2. The van der Waals surface area contributed by atoms with Gasteiger partial charge in [0.2, 0.25) is 0 Å². The fourth-order valence-electron chi connectivity index (χ4n) is 4.33. The number of Topliss-reactive ketones (excluding diaryl/α,β-unsaturated/α-hetero) is 1. The number of aliphatic hydroxyl groups excluding tert-OH is 1. The first-order valence-electron chi connectivity index (χ1n) is 10.6. The predicted molar refractivity (Wildman–Crippen MR) is 119 cm³/mol. The maximum Gasteiger partial charge on any atom is 0.295 e. The monoisotopic (exact) mass is 420 g/mol. The summed E-state index contributed by atoms with van der Waals surface area (Å²) in [5.74, 6) is -0.564. The molecule has 2 heterocycles. The normalized spacial score (nSPS) is 22.2. The quantitative estimate of drug-likeness (QED) is 0.457. The molecule has 2 unspecified atom stereocenters. The third-order valence-electron chi connectivity index (χ3n) is 5.86. The Hall–Kier alpha value is -3.12. The molecule has 1 fully saturated rings. The topological polar surface area (TPSA) is 70.1 Å². The summed E-state index contributed by atoms with van der Waals surface area (Å²) in [6, 6.07) is 12.5. The van der Waals surface area contributed by atoms with Crippen molar-refractivity contribution in [3.8, 4) is 5.75 Å². The summed E-state index contributed by atoms with van der Waals surface area (Å²) in [6.07, 6.45) is 0.825. The van der Waals surface area contributed by atoms with E-state index in [0.717, 1.165) is 28.9 Å². The van der Waals surface area contributed by atoms with E-state index in [0.29, 0.717) is 18.7 Å². The van der Waals surface area contributed by atoms with Gasteiger partial charge in [0.25, 0.3) is 11.7 Å². The zero-order valence-electron chi connectivity index (χ0n) is 18.4. The summed E-state index contributed by atoms with van der Waals surface area (Å²) in [5.41, 5.74) is 3.50. The third kappa shape index (κ3) is 3.95. The van der Waals surface area contributed by atoms with Gasteiger partial charge in [0.1, 0.15) is 17.6 Å². The Morgan fingerprint density at radius 2 is 1.97 bits per heavy atom. The van der Waals surface area contributed by atoms with E-state index >= 15 is 0 Å². The molecule has 0 bridgehead atoms. The molecule has 0 spiro atoms. The van der Waals surface area contributed by atoms with Crippen molar-refractivity contribution in [1.29, 1.82) is 0 Å². The fraction of sp³-hybridized carbons (Fsp3) is 0.360. The van der Waals surface area contributed by atoms with Crippen LogP contribution in [0.15, 0.2) is 48.0 Å². The van der Waals surface area contributed by atoms with Crippen LogP contribution in [0.5, 0.6) is 5.75 Å². The number of ketones is 1. The molecule has 2 aromatic carbocycles. The van der Waals surface area contributed by atoms with Crippen molar-refractivity contribution in [3.63, 3.8) is 0 Å². The predicted octanol–water partition coefficient (Wildman–Crippen LogP) is 3.30. The molecule has 6 nitrogen and oxygen atoms in total. The minimum absolute atomic E-state index is 0.0799. The van der Waals surface area contributed by atoms with Crippen molar-refractivity contribution >= 4 is 17.4 Å². The lowest BCUT2D eigenvalue weighted by atomic mass is 9.93. The average molecular weight is 421 g/mol. The van der Waals surface area contributed by atoms with Crippen LogP contribution in [0.1, 0.15) is 35.2 Å². The van der Waals surface area contributed by atoms with Crippen molar-refractivity contribution in [1.82, 2.24) is 9.80 Å². The van der Waals surface area contributed by atoms with Crippen LogP contribution in [-0.4, -0.2) is 59.9 Å². The first-order valence-corrected chi connectivity index (χ1v) is 10.6. The van der Waals surface area contributed by atoms with Crippen LogP contribution in [0.2, 0.25) is 0 Å². The second kappa shape index (κ2) is 8.19. The molecule has 1 amide bonds. The summed E-state index contributed by atoms with van der Waals surface area (Å²) in [6.45, 7) is 4.97. The van der Waals surface area contributed by atoms with Crippen molar-refractivity contribution in [2.24, 2.45) is 0 Å². The zero-order chi connectivity index (χ0) is 22.3. The van der Waals surface area contributed by atoms with E-state index in [1.807, 2.05) is 69.2 Å². The third-order valence-corrected chi connectivity index (χ3v) is 5.86. The van der Waals surface area contributed by atoms with Gasteiger partial charge in [-0.1, -0.05) is 29.8 Å². The van der Waals surface area contributed by atoms with Gasteiger partial charge in [-0.25, -0.2) is 0 Å². The zero-order valence-corrected chi connectivity index (χ0v) is 18.4. The number of aliphatic hydroxyl groups is 1. The largest absolute Gasteiger partial charge is 0.507 e. The lowest BCUT2D eigenvalue weighted by Gasteiger charge is -2.26. The van der Waals surface area contributed by atoms with Gasteiger partial charge in [-0.3, -0.25) is 9.59 Å². The number of ether oxygens (including phenoxy) is 1. The Bertz CT molecular complexity index is 1070. The second-order valence-electron chi connectivity index (χ2n) is 8.66. The number of carbonyl (C=O) groups excluding carboxylic acids is 2. The van der Waals surface area contributed by atoms with Gasteiger partial charge in [0, 0.05) is 25.1 Å². The number of likely N-dealkylation sites (N-methyl/N-ethyl adjacent to an activating group) is 1. The highest BCUT2D eigenvalue weighted by atomic mass is 16.5. The van der Waals surface area contributed by atoms with Crippen LogP contribution in [0.3, 0.4) is 0 Å². The number of amides is 1. The number of nitrogens with zero attached hydrogens (tertiary/aromatic N) is 2. The molecule has 6 heteroatoms. The highest BCUT2D eigenvalue weighted by Crippen LogP contribution is 2.40. The molecule has 2 aromatic rings. The smallest absolute Gasteiger partial charge is 0.295 e. The molecule has 1 saturated heterocycles. The molecule has 0 saturated carbocycles. The molecule has 1 N–H and O–H groups in total. The van der Waals surface area contributed by atoms with Gasteiger partial charge in [-0.05, 0) is 57.3 Å². The number of aryl methyl sites for hydroxylation is 1. The lowest BCUT2D eigenvalue weighted by Crippen LogP contribution is -2.35. The Balaban J connectivity index is 1.82. The molecule has 0 aliphatic carbocycles. The minimum atomic E-state index is -0.645. The van der Waals surface area contributed by atoms with Gasteiger partial charge in [0.05, 0.1) is 11.6 Å². The molecular weight excluding hydrogens is 392 g/mol. The van der Waals surface area contributed by atoms with E-state index in [4.69, 9.17) is 4.74 Å². The van der Waals surface area contributed by atoms with Crippen LogP contribution in [0, 0.1) is 6.92 Å². The van der Waals surface area contributed by atoms with E-state index in [1.54, 1.807) is 11.0 Å². The molecule has 0 aromatic heterocycles. The number of fused-ring (bicyclic) bond motifs is 1. The van der Waals surface area contributed by atoms with Crippen LogP contribution in [0.4, 0.5) is 0 Å². The van der Waals surface area contributed by atoms with Crippen LogP contribution < -0.4 is 4.74 Å². The van der Waals surface area contributed by atoms with Crippen molar-refractivity contribution in [3.05, 3.63) is 70.3 Å². The van der Waals surface area contributed by atoms with E-state index in [-0.39, 0.29) is 17.4 Å². The lowest BCUT2D eigenvalue weighted by molar-refractivity contribution is -0.140. The molecule has 162 valence electrons.